The van der Waals surface area contributed by atoms with Crippen LogP contribution in [0.15, 0.2) is 27.9 Å². The zero-order valence-corrected chi connectivity index (χ0v) is 24.7. The van der Waals surface area contributed by atoms with Crippen LogP contribution in [0.25, 0.3) is 22.4 Å². The minimum Gasteiger partial charge on any atom is -0.493 e. The van der Waals surface area contributed by atoms with Gasteiger partial charge in [0.25, 0.3) is 5.56 Å². The van der Waals surface area contributed by atoms with Crippen LogP contribution in [0.3, 0.4) is 0 Å². The first-order valence-corrected chi connectivity index (χ1v) is 14.8. The number of aromatic amines is 1. The van der Waals surface area contributed by atoms with Gasteiger partial charge in [-0.2, -0.15) is 9.40 Å². The molecule has 1 saturated heterocycles. The Labute approximate surface area is 242 Å². The standard InChI is InChI=1S/C22H30N6O4S.C4H6O5/c1-5-7-17-19-20(27(4)25-17)22(29)24-21(23-19)16-14-15(8-9-18(16)32-6-2)33(30,31)28-12-10-26(3)11-13-28;5-2(4(8)9)1-3(6)7/h8-9,14H,5-7,10-13H2,1-4H3,(H,23,24,29);2,5H,1H2,(H,6,7)(H,8,9). The predicted molar refractivity (Wildman–Crippen MR) is 152 cm³/mol. The van der Waals surface area contributed by atoms with Gasteiger partial charge >= 0.3 is 11.9 Å². The highest BCUT2D eigenvalue weighted by Gasteiger charge is 2.29. The van der Waals surface area contributed by atoms with Crippen molar-refractivity contribution >= 4 is 33.0 Å². The second kappa shape index (κ2) is 13.9. The highest BCUT2D eigenvalue weighted by molar-refractivity contribution is 7.89. The number of aromatic nitrogens is 4. The lowest BCUT2D eigenvalue weighted by molar-refractivity contribution is -0.152. The van der Waals surface area contributed by atoms with Crippen LogP contribution in [-0.4, -0.2) is 111 Å². The van der Waals surface area contributed by atoms with E-state index in [0.29, 0.717) is 61.6 Å². The van der Waals surface area contributed by atoms with Gasteiger partial charge < -0.3 is 29.9 Å². The number of hydrogen-bond acceptors (Lipinski definition) is 10. The van der Waals surface area contributed by atoms with E-state index in [1.807, 2.05) is 20.9 Å². The Balaban J connectivity index is 0.000000467. The summed E-state index contributed by atoms with van der Waals surface area (Å²) >= 11 is 0. The molecule has 16 heteroatoms. The normalized spacial score (nSPS) is 15.2. The molecule has 2 aromatic heterocycles. The summed E-state index contributed by atoms with van der Waals surface area (Å²) in [5, 5.41) is 28.6. The Morgan fingerprint density at radius 2 is 1.79 bits per heavy atom. The number of hydrogen-bond donors (Lipinski definition) is 4. The average Bonchev–Trinajstić information content (AvgIpc) is 3.24. The molecule has 1 aliphatic heterocycles. The minimum atomic E-state index is -3.70. The molecule has 0 aliphatic carbocycles. The quantitative estimate of drug-likeness (QED) is 0.248. The van der Waals surface area contributed by atoms with Gasteiger partial charge in [-0.15, -0.1) is 0 Å². The van der Waals surface area contributed by atoms with E-state index in [-0.39, 0.29) is 16.3 Å². The molecule has 3 aromatic rings. The molecule has 0 amide bonds. The first-order valence-electron chi connectivity index (χ1n) is 13.3. The third kappa shape index (κ3) is 7.50. The van der Waals surface area contributed by atoms with E-state index in [9.17, 15) is 22.8 Å². The van der Waals surface area contributed by atoms with Crippen molar-refractivity contribution in [3.05, 3.63) is 34.2 Å². The molecule has 0 bridgehead atoms. The maximum absolute atomic E-state index is 13.3. The van der Waals surface area contributed by atoms with Crippen LogP contribution in [0, 0.1) is 0 Å². The van der Waals surface area contributed by atoms with Gasteiger partial charge in [-0.05, 0) is 38.6 Å². The molecule has 0 radical (unpaired) electrons. The molecular formula is C26H36N6O9S. The summed E-state index contributed by atoms with van der Waals surface area (Å²) in [4.78, 5) is 42.1. The number of nitrogens with one attached hydrogen (secondary N) is 1. The number of sulfonamides is 1. The fourth-order valence-electron chi connectivity index (χ4n) is 4.35. The number of carboxylic acid groups (broad SMARTS) is 2. The van der Waals surface area contributed by atoms with E-state index in [1.165, 1.54) is 8.99 Å². The molecule has 1 aromatic carbocycles. The third-order valence-electron chi connectivity index (χ3n) is 6.51. The second-order valence-electron chi connectivity index (χ2n) is 9.68. The first kappa shape index (κ1) is 32.7. The molecular weight excluding hydrogens is 572 g/mol. The van der Waals surface area contributed by atoms with E-state index in [4.69, 9.17) is 25.0 Å². The lowest BCUT2D eigenvalue weighted by atomic mass is 10.1. The fourth-order valence-corrected chi connectivity index (χ4v) is 5.79. The number of carboxylic acids is 2. The van der Waals surface area contributed by atoms with E-state index < -0.39 is 34.5 Å². The minimum absolute atomic E-state index is 0.147. The van der Waals surface area contributed by atoms with E-state index in [0.717, 1.165) is 12.1 Å². The Bertz CT molecular complexity index is 1590. The molecule has 4 rings (SSSR count). The molecule has 230 valence electrons. The van der Waals surface area contributed by atoms with Crippen molar-refractivity contribution < 1.29 is 38.1 Å². The summed E-state index contributed by atoms with van der Waals surface area (Å²) < 4.78 is 35.4. The number of rotatable bonds is 10. The van der Waals surface area contributed by atoms with Crippen molar-refractivity contribution in [2.24, 2.45) is 7.05 Å². The van der Waals surface area contributed by atoms with Crippen molar-refractivity contribution in [1.82, 2.24) is 29.0 Å². The SMILES string of the molecule is CCCc1nn(C)c2c(=O)[nH]c(-c3cc(S(=O)(=O)N4CCN(C)CC4)ccc3OCC)nc12.O=C(O)CC(O)C(=O)O. The maximum Gasteiger partial charge on any atom is 0.333 e. The van der Waals surface area contributed by atoms with Crippen molar-refractivity contribution in [3.63, 3.8) is 0 Å². The number of likely N-dealkylation sites (N-methyl/N-ethyl adjacent to an activating group) is 1. The average molecular weight is 609 g/mol. The molecule has 1 unspecified atom stereocenters. The summed E-state index contributed by atoms with van der Waals surface area (Å²) in [6.07, 6.45) is -1.00. The van der Waals surface area contributed by atoms with Gasteiger partial charge in [0.1, 0.15) is 17.1 Å². The molecule has 4 N–H and O–H groups in total. The van der Waals surface area contributed by atoms with Gasteiger partial charge in [0.2, 0.25) is 10.0 Å². The van der Waals surface area contributed by atoms with Gasteiger partial charge in [-0.3, -0.25) is 14.3 Å². The Hall–Kier alpha value is -3.86. The van der Waals surface area contributed by atoms with Gasteiger partial charge in [0, 0.05) is 33.2 Å². The van der Waals surface area contributed by atoms with Crippen LogP contribution >= 0.6 is 0 Å². The predicted octanol–water partition coefficient (Wildman–Crippen LogP) is 0.518. The van der Waals surface area contributed by atoms with Crippen molar-refractivity contribution in [3.8, 4) is 17.1 Å². The topological polar surface area (TPSA) is 208 Å². The van der Waals surface area contributed by atoms with Crippen molar-refractivity contribution in [2.45, 2.75) is 44.1 Å². The number of H-pyrrole nitrogens is 1. The lowest BCUT2D eigenvalue weighted by Crippen LogP contribution is -2.47. The number of ether oxygens (including phenoxy) is 1. The molecule has 15 nitrogen and oxygen atoms in total. The summed E-state index contributed by atoms with van der Waals surface area (Å²) in [5.74, 6) is -2.13. The summed E-state index contributed by atoms with van der Waals surface area (Å²) in [5.41, 5.74) is 1.75. The molecule has 42 heavy (non-hydrogen) atoms. The lowest BCUT2D eigenvalue weighted by Gasteiger charge is -2.31. The molecule has 0 spiro atoms. The van der Waals surface area contributed by atoms with E-state index >= 15 is 0 Å². The van der Waals surface area contributed by atoms with Crippen LogP contribution in [0.5, 0.6) is 5.75 Å². The monoisotopic (exact) mass is 608 g/mol. The van der Waals surface area contributed by atoms with Crippen LogP contribution in [0.4, 0.5) is 0 Å². The number of nitrogens with zero attached hydrogens (tertiary/aromatic N) is 5. The maximum atomic E-state index is 13.3. The molecule has 1 atom stereocenters. The highest BCUT2D eigenvalue weighted by atomic mass is 32.2. The fraction of sp³-hybridized carbons (Fsp3) is 0.500. The largest absolute Gasteiger partial charge is 0.493 e. The zero-order chi connectivity index (χ0) is 31.2. The van der Waals surface area contributed by atoms with Crippen LogP contribution in [-0.2, 0) is 33.1 Å². The Morgan fingerprint density at radius 1 is 1.12 bits per heavy atom. The number of piperazine rings is 1. The molecule has 0 saturated carbocycles. The first-order chi connectivity index (χ1) is 19.8. The number of aliphatic hydroxyl groups excluding tert-OH is 1. The van der Waals surface area contributed by atoms with Crippen molar-refractivity contribution in [1.29, 1.82) is 0 Å². The highest BCUT2D eigenvalue weighted by Crippen LogP contribution is 2.32. The summed E-state index contributed by atoms with van der Waals surface area (Å²) in [7, 11) is -0.00831. The van der Waals surface area contributed by atoms with Gasteiger partial charge in [-0.1, -0.05) is 13.3 Å². The zero-order valence-electron chi connectivity index (χ0n) is 23.9. The molecule has 1 fully saturated rings. The Kier molecular flexibility index (Phi) is 10.8. The molecule has 1 aliphatic rings. The number of benzene rings is 1. The number of aliphatic hydroxyl groups is 1. The smallest absolute Gasteiger partial charge is 0.333 e. The van der Waals surface area contributed by atoms with Gasteiger partial charge in [0.05, 0.1) is 29.2 Å². The summed E-state index contributed by atoms with van der Waals surface area (Å²) in [6.45, 7) is 6.48. The van der Waals surface area contributed by atoms with E-state index in [2.05, 4.69) is 15.0 Å². The number of carbonyl (C=O) groups is 2. The van der Waals surface area contributed by atoms with Gasteiger partial charge in [-0.25, -0.2) is 18.2 Å². The van der Waals surface area contributed by atoms with Crippen LogP contribution in [0.2, 0.25) is 0 Å². The third-order valence-corrected chi connectivity index (χ3v) is 8.40. The summed E-state index contributed by atoms with van der Waals surface area (Å²) in [6, 6.07) is 4.71. The van der Waals surface area contributed by atoms with Gasteiger partial charge in [0.15, 0.2) is 11.6 Å². The Morgan fingerprint density at radius 3 is 2.33 bits per heavy atom. The number of aliphatic carboxylic acids is 2. The number of aryl methyl sites for hydroxylation is 2. The van der Waals surface area contributed by atoms with Crippen molar-refractivity contribution in [2.75, 3.05) is 39.8 Å². The van der Waals surface area contributed by atoms with Crippen LogP contribution < -0.4 is 10.3 Å². The second-order valence-corrected chi connectivity index (χ2v) is 11.6. The van der Waals surface area contributed by atoms with Crippen LogP contribution in [0.1, 0.15) is 32.4 Å². The number of fused-ring (bicyclic) bond motifs is 1. The van der Waals surface area contributed by atoms with E-state index in [1.54, 1.807) is 25.2 Å². The molecule has 3 heterocycles.